The Hall–Kier alpha value is -2.05. The second-order valence-corrected chi connectivity index (χ2v) is 6.14. The monoisotopic (exact) mass is 331 g/mol. The highest BCUT2D eigenvalue weighted by Gasteiger charge is 2.14. The minimum atomic E-state index is 0.0880. The molecule has 1 saturated heterocycles. The summed E-state index contributed by atoms with van der Waals surface area (Å²) < 4.78 is 13.1. The largest absolute Gasteiger partial charge is 0.497 e. The van der Waals surface area contributed by atoms with Crippen LogP contribution in [0.3, 0.4) is 0 Å². The maximum absolute atomic E-state index is 11.8. The summed E-state index contributed by atoms with van der Waals surface area (Å²) in [6, 6.07) is 6.14. The molecule has 1 amide bonds. The number of methoxy groups -OCH3 is 1. The Morgan fingerprint density at radius 3 is 3.00 bits per heavy atom. The van der Waals surface area contributed by atoms with Crippen LogP contribution >= 0.6 is 0 Å². The summed E-state index contributed by atoms with van der Waals surface area (Å²) in [5.74, 6) is 0.948. The topological polar surface area (TPSA) is 55.7 Å². The van der Waals surface area contributed by atoms with Crippen LogP contribution in [0.2, 0.25) is 0 Å². The Balaban J connectivity index is 1.80. The van der Waals surface area contributed by atoms with E-state index in [0.29, 0.717) is 26.2 Å². The van der Waals surface area contributed by atoms with Crippen molar-refractivity contribution in [3.8, 4) is 5.75 Å². The molecular formula is C18H25N3O3. The van der Waals surface area contributed by atoms with E-state index in [1.807, 2.05) is 6.07 Å². The number of ether oxygens (including phenoxy) is 2. The molecule has 3 rings (SSSR count). The summed E-state index contributed by atoms with van der Waals surface area (Å²) in [6.45, 7) is 4.21. The first kappa shape index (κ1) is 16.8. The first-order valence-corrected chi connectivity index (χ1v) is 8.36. The fourth-order valence-electron chi connectivity index (χ4n) is 3.12. The molecule has 1 aliphatic heterocycles. The van der Waals surface area contributed by atoms with E-state index in [-0.39, 0.29) is 5.91 Å². The number of carbonyl (C=O) groups is 1. The van der Waals surface area contributed by atoms with Crippen LogP contribution in [-0.4, -0.2) is 55.3 Å². The number of hydrogen-bond donors (Lipinski definition) is 1. The van der Waals surface area contributed by atoms with Gasteiger partial charge in [0.15, 0.2) is 0 Å². The lowest BCUT2D eigenvalue weighted by Crippen LogP contribution is -2.36. The van der Waals surface area contributed by atoms with Gasteiger partial charge in [-0.15, -0.1) is 0 Å². The predicted octanol–water partition coefficient (Wildman–Crippen LogP) is 1.53. The molecule has 1 fully saturated rings. The average molecular weight is 331 g/mol. The Kier molecular flexibility index (Phi) is 5.37. The van der Waals surface area contributed by atoms with Crippen LogP contribution in [0.4, 0.5) is 0 Å². The Bertz CT molecular complexity index is 711. The predicted molar refractivity (Wildman–Crippen MR) is 93.2 cm³/mol. The van der Waals surface area contributed by atoms with Crippen molar-refractivity contribution in [1.29, 1.82) is 0 Å². The minimum absolute atomic E-state index is 0.0880. The SMILES string of the molecule is COc1ccc2c(c1)c(CN1CCOCCNC(=O)CC1)cn2C. The van der Waals surface area contributed by atoms with E-state index >= 15 is 0 Å². The molecule has 2 aromatic rings. The van der Waals surface area contributed by atoms with Gasteiger partial charge in [0.2, 0.25) is 5.91 Å². The van der Waals surface area contributed by atoms with Gasteiger partial charge >= 0.3 is 0 Å². The molecule has 1 aromatic carbocycles. The lowest BCUT2D eigenvalue weighted by Gasteiger charge is -2.23. The Morgan fingerprint density at radius 2 is 2.17 bits per heavy atom. The highest BCUT2D eigenvalue weighted by Crippen LogP contribution is 2.26. The summed E-state index contributed by atoms with van der Waals surface area (Å²) >= 11 is 0. The van der Waals surface area contributed by atoms with Gasteiger partial charge in [0.1, 0.15) is 5.75 Å². The summed E-state index contributed by atoms with van der Waals surface area (Å²) in [5, 5.41) is 4.07. The van der Waals surface area contributed by atoms with Crippen molar-refractivity contribution in [3.05, 3.63) is 30.0 Å². The second-order valence-electron chi connectivity index (χ2n) is 6.14. The van der Waals surface area contributed by atoms with E-state index in [4.69, 9.17) is 9.47 Å². The third-order valence-corrected chi connectivity index (χ3v) is 4.45. The molecule has 6 nitrogen and oxygen atoms in total. The van der Waals surface area contributed by atoms with E-state index < -0.39 is 0 Å². The van der Waals surface area contributed by atoms with Gasteiger partial charge in [-0.3, -0.25) is 9.69 Å². The molecule has 0 atom stereocenters. The van der Waals surface area contributed by atoms with Gasteiger partial charge in [-0.1, -0.05) is 0 Å². The summed E-state index contributed by atoms with van der Waals surface area (Å²) in [5.41, 5.74) is 2.42. The zero-order valence-electron chi connectivity index (χ0n) is 14.4. The lowest BCUT2D eigenvalue weighted by atomic mass is 10.1. The standard InChI is InChI=1S/C18H25N3O3/c1-20-12-14(16-11-15(23-2)3-4-17(16)20)13-21-7-5-18(22)19-6-9-24-10-8-21/h3-4,11-12H,5-10,13H2,1-2H3,(H,19,22). The highest BCUT2D eigenvalue weighted by atomic mass is 16.5. The number of nitrogens with zero attached hydrogens (tertiary/aromatic N) is 2. The summed E-state index contributed by atoms with van der Waals surface area (Å²) in [6.07, 6.45) is 2.68. The summed E-state index contributed by atoms with van der Waals surface area (Å²) in [4.78, 5) is 14.1. The number of hydrogen-bond acceptors (Lipinski definition) is 4. The van der Waals surface area contributed by atoms with Gasteiger partial charge in [-0.25, -0.2) is 0 Å². The van der Waals surface area contributed by atoms with Gasteiger partial charge in [0.05, 0.1) is 20.3 Å². The molecule has 0 saturated carbocycles. The fraction of sp³-hybridized carbons (Fsp3) is 0.500. The minimum Gasteiger partial charge on any atom is -0.497 e. The van der Waals surface area contributed by atoms with Crippen molar-refractivity contribution in [3.63, 3.8) is 0 Å². The van der Waals surface area contributed by atoms with E-state index in [1.165, 1.54) is 16.5 Å². The highest BCUT2D eigenvalue weighted by molar-refractivity contribution is 5.85. The normalized spacial score (nSPS) is 17.7. The van der Waals surface area contributed by atoms with Crippen molar-refractivity contribution in [2.75, 3.05) is 40.0 Å². The van der Waals surface area contributed by atoms with Crippen molar-refractivity contribution >= 4 is 16.8 Å². The number of rotatable bonds is 3. The van der Waals surface area contributed by atoms with Gasteiger partial charge in [-0.2, -0.15) is 0 Å². The van der Waals surface area contributed by atoms with Crippen molar-refractivity contribution < 1.29 is 14.3 Å². The maximum atomic E-state index is 11.8. The van der Waals surface area contributed by atoms with Gasteiger partial charge in [0, 0.05) is 56.7 Å². The molecule has 0 bridgehead atoms. The van der Waals surface area contributed by atoms with E-state index in [9.17, 15) is 4.79 Å². The smallest absolute Gasteiger partial charge is 0.221 e. The number of fused-ring (bicyclic) bond motifs is 1. The molecule has 2 heterocycles. The number of carbonyl (C=O) groups excluding carboxylic acids is 1. The van der Waals surface area contributed by atoms with Crippen LogP contribution < -0.4 is 10.1 Å². The molecule has 130 valence electrons. The second kappa shape index (κ2) is 7.68. The number of benzene rings is 1. The number of amides is 1. The average Bonchev–Trinajstić information content (AvgIpc) is 2.90. The zero-order chi connectivity index (χ0) is 16.9. The number of aromatic nitrogens is 1. The van der Waals surface area contributed by atoms with Crippen molar-refractivity contribution in [2.24, 2.45) is 7.05 Å². The third-order valence-electron chi connectivity index (χ3n) is 4.45. The Labute approximate surface area is 142 Å². The van der Waals surface area contributed by atoms with Crippen molar-refractivity contribution in [1.82, 2.24) is 14.8 Å². The number of aryl methyl sites for hydroxylation is 1. The molecule has 0 radical (unpaired) electrons. The van der Waals surface area contributed by atoms with Crippen LogP contribution in [0, 0.1) is 0 Å². The van der Waals surface area contributed by atoms with Crippen molar-refractivity contribution in [2.45, 2.75) is 13.0 Å². The molecule has 0 spiro atoms. The first-order valence-electron chi connectivity index (χ1n) is 8.36. The lowest BCUT2D eigenvalue weighted by molar-refractivity contribution is -0.122. The first-order chi connectivity index (χ1) is 11.7. The molecule has 1 aliphatic rings. The zero-order valence-corrected chi connectivity index (χ0v) is 14.4. The van der Waals surface area contributed by atoms with E-state index in [2.05, 4.69) is 40.2 Å². The van der Waals surface area contributed by atoms with Crippen LogP contribution in [0.25, 0.3) is 10.9 Å². The maximum Gasteiger partial charge on any atom is 0.221 e. The molecule has 24 heavy (non-hydrogen) atoms. The third kappa shape index (κ3) is 3.88. The fourth-order valence-corrected chi connectivity index (χ4v) is 3.12. The quantitative estimate of drug-likeness (QED) is 0.927. The van der Waals surface area contributed by atoms with Gasteiger partial charge in [-0.05, 0) is 23.8 Å². The molecule has 0 aliphatic carbocycles. The van der Waals surface area contributed by atoms with E-state index in [0.717, 1.165) is 25.4 Å². The molecule has 0 unspecified atom stereocenters. The molecule has 1 N–H and O–H groups in total. The van der Waals surface area contributed by atoms with Crippen LogP contribution in [0.5, 0.6) is 5.75 Å². The summed E-state index contributed by atoms with van der Waals surface area (Å²) in [7, 11) is 3.74. The molecule has 1 aromatic heterocycles. The number of nitrogens with one attached hydrogen (secondary N) is 1. The van der Waals surface area contributed by atoms with Gasteiger partial charge in [0.25, 0.3) is 0 Å². The van der Waals surface area contributed by atoms with Crippen LogP contribution in [0.15, 0.2) is 24.4 Å². The van der Waals surface area contributed by atoms with E-state index in [1.54, 1.807) is 7.11 Å². The van der Waals surface area contributed by atoms with Gasteiger partial charge < -0.3 is 19.4 Å². The Morgan fingerprint density at radius 1 is 1.29 bits per heavy atom. The van der Waals surface area contributed by atoms with Crippen LogP contribution in [-0.2, 0) is 23.1 Å². The molecular weight excluding hydrogens is 306 g/mol. The van der Waals surface area contributed by atoms with Crippen LogP contribution in [0.1, 0.15) is 12.0 Å². The molecule has 6 heteroatoms.